The number of β-amino-alcohol motifs (C(OH)–C–C–N with tert-alkyl or cyclic N) is 1. The van der Waals surface area contributed by atoms with Crippen LogP contribution in [-0.4, -0.2) is 37.0 Å². The van der Waals surface area contributed by atoms with Gasteiger partial charge in [0.1, 0.15) is 17.5 Å². The quantitative estimate of drug-likeness (QED) is 0.893. The summed E-state index contributed by atoms with van der Waals surface area (Å²) in [6.07, 6.45) is -0.0410. The summed E-state index contributed by atoms with van der Waals surface area (Å²) in [6.45, 7) is -0.158. The third-order valence-electron chi connectivity index (χ3n) is 2.92. The van der Waals surface area contributed by atoms with E-state index in [-0.39, 0.29) is 13.1 Å². The topological polar surface area (TPSA) is 57.6 Å². The van der Waals surface area contributed by atoms with Crippen molar-refractivity contribution in [1.29, 1.82) is 0 Å². The van der Waals surface area contributed by atoms with Gasteiger partial charge >= 0.3 is 0 Å². The largest absolute Gasteiger partial charge is 0.392 e. The van der Waals surface area contributed by atoms with Gasteiger partial charge in [-0.2, -0.15) is 4.31 Å². The third kappa shape index (κ3) is 2.75. The molecule has 1 atom stereocenters. The van der Waals surface area contributed by atoms with Crippen LogP contribution in [0.15, 0.2) is 17.0 Å². The molecule has 106 valence electrons. The van der Waals surface area contributed by atoms with Crippen molar-refractivity contribution in [1.82, 2.24) is 4.31 Å². The van der Waals surface area contributed by atoms with Gasteiger partial charge in [0.25, 0.3) is 0 Å². The van der Waals surface area contributed by atoms with Crippen molar-refractivity contribution in [3.05, 3.63) is 29.6 Å². The highest BCUT2D eigenvalue weighted by atomic mass is 32.2. The minimum atomic E-state index is -4.42. The summed E-state index contributed by atoms with van der Waals surface area (Å²) in [4.78, 5) is -1.18. The number of rotatable bonds is 2. The van der Waals surface area contributed by atoms with E-state index < -0.39 is 38.5 Å². The van der Waals surface area contributed by atoms with Crippen LogP contribution >= 0.6 is 0 Å². The van der Waals surface area contributed by atoms with E-state index in [0.29, 0.717) is 25.0 Å². The van der Waals surface area contributed by atoms with Gasteiger partial charge in [0, 0.05) is 25.2 Å². The van der Waals surface area contributed by atoms with Crippen molar-refractivity contribution in [2.24, 2.45) is 0 Å². The van der Waals surface area contributed by atoms with Crippen LogP contribution in [0.3, 0.4) is 0 Å². The van der Waals surface area contributed by atoms with Crippen LogP contribution in [0.2, 0.25) is 0 Å². The van der Waals surface area contributed by atoms with Crippen molar-refractivity contribution in [2.45, 2.75) is 23.8 Å². The summed E-state index contributed by atoms with van der Waals surface area (Å²) in [5.41, 5.74) is 0. The molecule has 1 aromatic carbocycles. The Bertz CT molecular complexity index is 568. The standard InChI is InChI=1S/C11H12F3NO3S/c12-7-4-9(13)11(10(14)5-7)19(17,18)15-3-1-2-8(16)6-15/h4-5,8,16H,1-3,6H2. The SMILES string of the molecule is O=S(=O)(c1c(F)cc(F)cc1F)N1CCCC(O)C1. The number of benzene rings is 1. The predicted molar refractivity (Wildman–Crippen MR) is 60.3 cm³/mol. The molecule has 0 bridgehead atoms. The van der Waals surface area contributed by atoms with Gasteiger partial charge in [-0.15, -0.1) is 0 Å². The van der Waals surface area contributed by atoms with E-state index >= 15 is 0 Å². The fourth-order valence-electron chi connectivity index (χ4n) is 2.04. The first-order chi connectivity index (χ1) is 8.82. The number of hydrogen-bond acceptors (Lipinski definition) is 3. The fraction of sp³-hybridized carbons (Fsp3) is 0.455. The molecule has 1 saturated heterocycles. The van der Waals surface area contributed by atoms with Gasteiger partial charge in [-0.25, -0.2) is 21.6 Å². The zero-order valence-corrected chi connectivity index (χ0v) is 10.6. The summed E-state index contributed by atoms with van der Waals surface area (Å²) in [6, 6.07) is 0.632. The molecule has 19 heavy (non-hydrogen) atoms. The minimum Gasteiger partial charge on any atom is -0.392 e. The maximum atomic E-state index is 13.5. The molecule has 4 nitrogen and oxygen atoms in total. The van der Waals surface area contributed by atoms with Crippen molar-refractivity contribution in [3.8, 4) is 0 Å². The van der Waals surface area contributed by atoms with Gasteiger partial charge in [-0.3, -0.25) is 0 Å². The number of sulfonamides is 1. The van der Waals surface area contributed by atoms with Gasteiger partial charge in [0.05, 0.1) is 6.10 Å². The first kappa shape index (κ1) is 14.3. The minimum absolute atomic E-state index is 0.0651. The highest BCUT2D eigenvalue weighted by Crippen LogP contribution is 2.26. The Hall–Kier alpha value is -1.12. The first-order valence-electron chi connectivity index (χ1n) is 5.65. The monoisotopic (exact) mass is 295 g/mol. The molecule has 0 radical (unpaired) electrons. The van der Waals surface area contributed by atoms with Gasteiger partial charge < -0.3 is 5.11 Å². The number of aliphatic hydroxyl groups is 1. The lowest BCUT2D eigenvalue weighted by atomic mass is 10.1. The van der Waals surface area contributed by atoms with Crippen LogP contribution in [-0.2, 0) is 10.0 Å². The molecule has 0 aromatic heterocycles. The van der Waals surface area contributed by atoms with E-state index in [1.54, 1.807) is 0 Å². The van der Waals surface area contributed by atoms with Crippen LogP contribution in [0.25, 0.3) is 0 Å². The molecule has 8 heteroatoms. The van der Waals surface area contributed by atoms with Gasteiger partial charge in [0.15, 0.2) is 4.90 Å². The van der Waals surface area contributed by atoms with Crippen molar-refractivity contribution >= 4 is 10.0 Å². The average Bonchev–Trinajstić information content (AvgIpc) is 2.26. The molecular weight excluding hydrogens is 283 g/mol. The Morgan fingerprint density at radius 2 is 1.79 bits per heavy atom. The van der Waals surface area contributed by atoms with E-state index in [1.165, 1.54) is 0 Å². The highest BCUT2D eigenvalue weighted by molar-refractivity contribution is 7.89. The first-order valence-corrected chi connectivity index (χ1v) is 7.09. The van der Waals surface area contributed by atoms with Gasteiger partial charge in [0.2, 0.25) is 10.0 Å². The molecule has 1 aliphatic rings. The smallest absolute Gasteiger partial charge is 0.249 e. The maximum absolute atomic E-state index is 13.5. The molecule has 1 N–H and O–H groups in total. The second-order valence-electron chi connectivity index (χ2n) is 4.36. The highest BCUT2D eigenvalue weighted by Gasteiger charge is 2.34. The average molecular weight is 295 g/mol. The van der Waals surface area contributed by atoms with E-state index in [1.807, 2.05) is 0 Å². The zero-order valence-electron chi connectivity index (χ0n) is 9.81. The zero-order chi connectivity index (χ0) is 14.2. The van der Waals surface area contributed by atoms with Crippen LogP contribution in [0, 0.1) is 17.5 Å². The summed E-state index contributed by atoms with van der Waals surface area (Å²) in [7, 11) is -4.42. The number of halogens is 3. The lowest BCUT2D eigenvalue weighted by Gasteiger charge is -2.29. The number of aliphatic hydroxyl groups excluding tert-OH is 1. The summed E-state index contributed by atoms with van der Waals surface area (Å²) in [5.74, 6) is -4.14. The summed E-state index contributed by atoms with van der Waals surface area (Å²) < 4.78 is 64.8. The Labute approximate surface area is 108 Å². The lowest BCUT2D eigenvalue weighted by molar-refractivity contribution is 0.107. The molecule has 0 saturated carbocycles. The number of piperidine rings is 1. The molecule has 0 amide bonds. The molecule has 1 fully saturated rings. The summed E-state index contributed by atoms with van der Waals surface area (Å²) in [5, 5.41) is 9.42. The lowest BCUT2D eigenvalue weighted by Crippen LogP contribution is -2.42. The van der Waals surface area contributed by atoms with Gasteiger partial charge in [-0.05, 0) is 12.8 Å². The molecule has 1 aromatic rings. The normalized spacial score (nSPS) is 21.6. The van der Waals surface area contributed by atoms with Crippen molar-refractivity contribution in [2.75, 3.05) is 13.1 Å². The maximum Gasteiger partial charge on any atom is 0.249 e. The molecule has 1 unspecified atom stereocenters. The Balaban J connectivity index is 2.45. The van der Waals surface area contributed by atoms with E-state index in [2.05, 4.69) is 0 Å². The van der Waals surface area contributed by atoms with Crippen LogP contribution in [0.4, 0.5) is 13.2 Å². The third-order valence-corrected chi connectivity index (χ3v) is 4.84. The Morgan fingerprint density at radius 3 is 2.32 bits per heavy atom. The van der Waals surface area contributed by atoms with Crippen LogP contribution < -0.4 is 0 Å². The fourth-order valence-corrected chi connectivity index (χ4v) is 3.65. The second kappa shape index (κ2) is 5.10. The molecule has 1 heterocycles. The molecule has 0 spiro atoms. The molecule has 0 aliphatic carbocycles. The second-order valence-corrected chi connectivity index (χ2v) is 6.23. The van der Waals surface area contributed by atoms with Gasteiger partial charge in [-0.1, -0.05) is 0 Å². The van der Waals surface area contributed by atoms with Crippen molar-refractivity contribution < 1.29 is 26.7 Å². The Morgan fingerprint density at radius 1 is 1.21 bits per heavy atom. The van der Waals surface area contributed by atoms with E-state index in [4.69, 9.17) is 0 Å². The molecule has 1 aliphatic heterocycles. The van der Waals surface area contributed by atoms with E-state index in [0.717, 1.165) is 4.31 Å². The molecular formula is C11H12F3NO3S. The van der Waals surface area contributed by atoms with Crippen molar-refractivity contribution in [3.63, 3.8) is 0 Å². The van der Waals surface area contributed by atoms with Crippen LogP contribution in [0.5, 0.6) is 0 Å². The van der Waals surface area contributed by atoms with Crippen LogP contribution in [0.1, 0.15) is 12.8 Å². The number of nitrogens with zero attached hydrogens (tertiary/aromatic N) is 1. The van der Waals surface area contributed by atoms with E-state index in [9.17, 15) is 26.7 Å². The number of hydrogen-bond donors (Lipinski definition) is 1. The Kier molecular flexibility index (Phi) is 3.84. The predicted octanol–water partition coefficient (Wildman–Crippen LogP) is 1.25. The molecule has 2 rings (SSSR count). The summed E-state index contributed by atoms with van der Waals surface area (Å²) >= 11 is 0.